The van der Waals surface area contributed by atoms with E-state index >= 15 is 0 Å². The first-order valence-corrected chi connectivity index (χ1v) is 7.97. The maximum Gasteiger partial charge on any atom is 0.251 e. The van der Waals surface area contributed by atoms with Gasteiger partial charge in [0.25, 0.3) is 5.91 Å². The van der Waals surface area contributed by atoms with Crippen molar-refractivity contribution in [3.63, 3.8) is 0 Å². The third kappa shape index (κ3) is 4.27. The highest BCUT2D eigenvalue weighted by atomic mass is 32.2. The lowest BCUT2D eigenvalue weighted by Gasteiger charge is -2.09. The quantitative estimate of drug-likeness (QED) is 0.877. The Balaban J connectivity index is 1.80. The molecule has 0 aromatic heterocycles. The van der Waals surface area contributed by atoms with Gasteiger partial charge in [-0.15, -0.1) is 11.8 Å². The van der Waals surface area contributed by atoms with Crippen molar-refractivity contribution in [2.24, 2.45) is 0 Å². The van der Waals surface area contributed by atoms with Crippen LogP contribution in [-0.4, -0.2) is 29.9 Å². The normalized spacial score (nSPS) is 15.1. The molecule has 0 saturated heterocycles. The van der Waals surface area contributed by atoms with E-state index in [2.05, 4.69) is 10.6 Å². The van der Waals surface area contributed by atoms with E-state index in [4.69, 9.17) is 0 Å². The fraction of sp³-hybridized carbons (Fsp3) is 0.467. The van der Waals surface area contributed by atoms with Gasteiger partial charge >= 0.3 is 0 Å². The van der Waals surface area contributed by atoms with Gasteiger partial charge in [0.15, 0.2) is 0 Å². The molecule has 0 aliphatic heterocycles. The minimum atomic E-state index is -0.125. The van der Waals surface area contributed by atoms with Gasteiger partial charge in [-0.2, -0.15) is 0 Å². The lowest BCUT2D eigenvalue weighted by Crippen LogP contribution is -2.18. The van der Waals surface area contributed by atoms with Crippen LogP contribution in [0.2, 0.25) is 0 Å². The molecule has 0 spiro atoms. The lowest BCUT2D eigenvalue weighted by atomic mass is 10.2. The van der Waals surface area contributed by atoms with E-state index in [1.165, 1.54) is 25.7 Å². The van der Waals surface area contributed by atoms with Gasteiger partial charge in [-0.05, 0) is 37.1 Å². The first-order valence-electron chi connectivity index (χ1n) is 6.92. The summed E-state index contributed by atoms with van der Waals surface area (Å²) in [4.78, 5) is 23.2. The molecule has 0 atom stereocenters. The van der Waals surface area contributed by atoms with Crippen LogP contribution in [0.5, 0.6) is 0 Å². The number of amides is 2. The molecule has 20 heavy (non-hydrogen) atoms. The Labute approximate surface area is 123 Å². The largest absolute Gasteiger partial charge is 0.355 e. The van der Waals surface area contributed by atoms with Crippen LogP contribution in [0, 0.1) is 0 Å². The molecule has 0 radical (unpaired) electrons. The SMILES string of the molecule is CNC(=O)c1ccc(NC(=O)CSC2CCCC2)cc1. The first-order chi connectivity index (χ1) is 9.69. The van der Waals surface area contributed by atoms with Crippen LogP contribution in [0.25, 0.3) is 0 Å². The zero-order valence-corrected chi connectivity index (χ0v) is 12.5. The Hall–Kier alpha value is -1.49. The number of nitrogens with one attached hydrogen (secondary N) is 2. The fourth-order valence-corrected chi connectivity index (χ4v) is 3.42. The standard InChI is InChI=1S/C15H20N2O2S/c1-16-15(19)11-6-8-12(9-7-11)17-14(18)10-20-13-4-2-3-5-13/h6-9,13H,2-5,10H2,1H3,(H,16,19)(H,17,18). The van der Waals surface area contributed by atoms with Crippen LogP contribution in [0.15, 0.2) is 24.3 Å². The molecule has 4 nitrogen and oxygen atoms in total. The topological polar surface area (TPSA) is 58.2 Å². The summed E-state index contributed by atoms with van der Waals surface area (Å²) in [6.07, 6.45) is 5.05. The molecule has 5 heteroatoms. The van der Waals surface area contributed by atoms with Crippen LogP contribution in [0.4, 0.5) is 5.69 Å². The summed E-state index contributed by atoms with van der Waals surface area (Å²) in [5, 5.41) is 6.07. The van der Waals surface area contributed by atoms with E-state index in [0.29, 0.717) is 16.6 Å². The number of anilines is 1. The number of carbonyl (C=O) groups is 2. The third-order valence-electron chi connectivity index (χ3n) is 3.41. The third-order valence-corrected chi connectivity index (χ3v) is 4.78. The summed E-state index contributed by atoms with van der Waals surface area (Å²) in [5.74, 6) is 0.399. The van der Waals surface area contributed by atoms with E-state index in [0.717, 1.165) is 5.69 Å². The lowest BCUT2D eigenvalue weighted by molar-refractivity contribution is -0.113. The Bertz CT molecular complexity index is 467. The average Bonchev–Trinajstić information content (AvgIpc) is 2.98. The molecule has 1 aliphatic carbocycles. The molecule has 0 bridgehead atoms. The minimum Gasteiger partial charge on any atom is -0.355 e. The Morgan fingerprint density at radius 2 is 1.85 bits per heavy atom. The second-order valence-corrected chi connectivity index (χ2v) is 6.21. The van der Waals surface area contributed by atoms with Crippen molar-refractivity contribution in [1.82, 2.24) is 5.32 Å². The molecular weight excluding hydrogens is 272 g/mol. The van der Waals surface area contributed by atoms with E-state index < -0.39 is 0 Å². The number of carbonyl (C=O) groups excluding carboxylic acids is 2. The molecule has 0 unspecified atom stereocenters. The van der Waals surface area contributed by atoms with Gasteiger partial charge < -0.3 is 10.6 Å². The molecule has 1 aromatic carbocycles. The summed E-state index contributed by atoms with van der Waals surface area (Å²) in [5.41, 5.74) is 1.32. The Morgan fingerprint density at radius 3 is 2.45 bits per heavy atom. The van der Waals surface area contributed by atoms with E-state index in [9.17, 15) is 9.59 Å². The predicted octanol–water partition coefficient (Wildman–Crippen LogP) is 2.66. The van der Waals surface area contributed by atoms with E-state index in [-0.39, 0.29) is 11.8 Å². The highest BCUT2D eigenvalue weighted by molar-refractivity contribution is 8.00. The molecule has 2 amide bonds. The van der Waals surface area contributed by atoms with Crippen molar-refractivity contribution < 1.29 is 9.59 Å². The van der Waals surface area contributed by atoms with Crippen molar-refractivity contribution in [3.05, 3.63) is 29.8 Å². The Morgan fingerprint density at radius 1 is 1.20 bits per heavy atom. The van der Waals surface area contributed by atoms with Crippen molar-refractivity contribution in [3.8, 4) is 0 Å². The van der Waals surface area contributed by atoms with Crippen LogP contribution in [0.3, 0.4) is 0 Å². The van der Waals surface area contributed by atoms with Crippen molar-refractivity contribution >= 4 is 29.3 Å². The molecule has 1 aromatic rings. The number of rotatable bonds is 5. The van der Waals surface area contributed by atoms with E-state index in [1.807, 2.05) is 0 Å². The van der Waals surface area contributed by atoms with Gasteiger partial charge in [-0.3, -0.25) is 9.59 Å². The van der Waals surface area contributed by atoms with Gasteiger partial charge in [-0.1, -0.05) is 12.8 Å². The van der Waals surface area contributed by atoms with Gasteiger partial charge in [0.05, 0.1) is 5.75 Å². The zero-order chi connectivity index (χ0) is 14.4. The van der Waals surface area contributed by atoms with Crippen LogP contribution >= 0.6 is 11.8 Å². The van der Waals surface area contributed by atoms with Gasteiger partial charge in [0.1, 0.15) is 0 Å². The molecule has 0 heterocycles. The zero-order valence-electron chi connectivity index (χ0n) is 11.6. The highest BCUT2D eigenvalue weighted by Gasteiger charge is 2.16. The van der Waals surface area contributed by atoms with Crippen molar-refractivity contribution in [2.75, 3.05) is 18.1 Å². The second-order valence-electron chi connectivity index (χ2n) is 4.92. The molecule has 1 fully saturated rings. The molecular formula is C15H20N2O2S. The predicted molar refractivity (Wildman–Crippen MR) is 83.2 cm³/mol. The van der Waals surface area contributed by atoms with Crippen molar-refractivity contribution in [2.45, 2.75) is 30.9 Å². The van der Waals surface area contributed by atoms with Crippen LogP contribution in [0.1, 0.15) is 36.0 Å². The Kier molecular flexibility index (Phi) is 5.47. The van der Waals surface area contributed by atoms with Gasteiger partial charge in [-0.25, -0.2) is 0 Å². The summed E-state index contributed by atoms with van der Waals surface area (Å²) < 4.78 is 0. The summed E-state index contributed by atoms with van der Waals surface area (Å²) in [7, 11) is 1.60. The van der Waals surface area contributed by atoms with Crippen molar-refractivity contribution in [1.29, 1.82) is 0 Å². The number of hydrogen-bond acceptors (Lipinski definition) is 3. The number of benzene rings is 1. The highest BCUT2D eigenvalue weighted by Crippen LogP contribution is 2.29. The number of hydrogen-bond donors (Lipinski definition) is 2. The van der Waals surface area contributed by atoms with Gasteiger partial charge in [0.2, 0.25) is 5.91 Å². The molecule has 108 valence electrons. The maximum atomic E-state index is 11.8. The summed E-state index contributed by atoms with van der Waals surface area (Å²) >= 11 is 1.75. The summed E-state index contributed by atoms with van der Waals surface area (Å²) in [6, 6.07) is 6.92. The smallest absolute Gasteiger partial charge is 0.251 e. The molecule has 1 saturated carbocycles. The van der Waals surface area contributed by atoms with E-state index in [1.54, 1.807) is 43.1 Å². The number of thioether (sulfide) groups is 1. The monoisotopic (exact) mass is 292 g/mol. The minimum absolute atomic E-state index is 0.0228. The summed E-state index contributed by atoms with van der Waals surface area (Å²) in [6.45, 7) is 0. The van der Waals surface area contributed by atoms with Crippen LogP contribution in [-0.2, 0) is 4.79 Å². The maximum absolute atomic E-state index is 11.8. The average molecular weight is 292 g/mol. The fourth-order valence-electron chi connectivity index (χ4n) is 2.29. The van der Waals surface area contributed by atoms with Crippen LogP contribution < -0.4 is 10.6 Å². The van der Waals surface area contributed by atoms with Gasteiger partial charge in [0, 0.05) is 23.5 Å². The molecule has 1 aliphatic rings. The molecule has 2 N–H and O–H groups in total. The second kappa shape index (κ2) is 7.33. The first kappa shape index (κ1) is 14.9. The molecule has 2 rings (SSSR count).